The van der Waals surface area contributed by atoms with E-state index in [-0.39, 0.29) is 0 Å². The van der Waals surface area contributed by atoms with Crippen molar-refractivity contribution in [3.05, 3.63) is 11.4 Å². The number of anilines is 2. The van der Waals surface area contributed by atoms with Crippen molar-refractivity contribution in [1.82, 2.24) is 9.97 Å². The Bertz CT molecular complexity index is 442. The van der Waals surface area contributed by atoms with Crippen molar-refractivity contribution in [3.63, 3.8) is 0 Å². The molecule has 0 aliphatic carbocycles. The van der Waals surface area contributed by atoms with Gasteiger partial charge in [-0.25, -0.2) is 9.97 Å². The van der Waals surface area contributed by atoms with E-state index in [9.17, 15) is 0 Å². The predicted octanol–water partition coefficient (Wildman–Crippen LogP) is 3.15. The van der Waals surface area contributed by atoms with Gasteiger partial charge in [-0.3, -0.25) is 0 Å². The van der Waals surface area contributed by atoms with Crippen LogP contribution >= 0.6 is 0 Å². The summed E-state index contributed by atoms with van der Waals surface area (Å²) < 4.78 is 0. The van der Waals surface area contributed by atoms with E-state index in [1.54, 1.807) is 0 Å². The van der Waals surface area contributed by atoms with Gasteiger partial charge in [0.05, 0.1) is 0 Å². The van der Waals surface area contributed by atoms with Gasteiger partial charge < -0.3 is 10.2 Å². The number of rotatable bonds is 4. The molecule has 4 nitrogen and oxygen atoms in total. The van der Waals surface area contributed by atoms with Crippen LogP contribution in [0.15, 0.2) is 0 Å². The molecule has 1 aliphatic heterocycles. The summed E-state index contributed by atoms with van der Waals surface area (Å²) in [5, 5.41) is 3.35. The predicted molar refractivity (Wildman–Crippen MR) is 80.9 cm³/mol. The standard InChI is InChI=1S/C15H26N4/c1-6-16-14-11(4)15(18-12(5)17-14)19-9-7-8-13(19)10(2)3/h10,13H,6-9H2,1-5H3,(H,16,17,18). The van der Waals surface area contributed by atoms with Crippen molar-refractivity contribution in [2.24, 2.45) is 5.92 Å². The lowest BCUT2D eigenvalue weighted by Crippen LogP contribution is -2.35. The molecule has 0 aromatic carbocycles. The summed E-state index contributed by atoms with van der Waals surface area (Å²) in [4.78, 5) is 11.7. The largest absolute Gasteiger partial charge is 0.370 e. The Kier molecular flexibility index (Phi) is 4.27. The molecule has 0 amide bonds. The van der Waals surface area contributed by atoms with Crippen LogP contribution in [0.1, 0.15) is 45.0 Å². The van der Waals surface area contributed by atoms with Crippen LogP contribution in [0.25, 0.3) is 0 Å². The molecule has 1 aromatic rings. The first-order chi connectivity index (χ1) is 9.04. The fourth-order valence-electron chi connectivity index (χ4n) is 2.98. The summed E-state index contributed by atoms with van der Waals surface area (Å²) in [6, 6.07) is 0.613. The third-order valence-corrected chi connectivity index (χ3v) is 3.92. The molecular weight excluding hydrogens is 236 g/mol. The second-order valence-corrected chi connectivity index (χ2v) is 5.75. The second kappa shape index (κ2) is 5.76. The van der Waals surface area contributed by atoms with Crippen molar-refractivity contribution in [2.45, 2.75) is 53.5 Å². The van der Waals surface area contributed by atoms with Crippen molar-refractivity contribution in [1.29, 1.82) is 0 Å². The lowest BCUT2D eigenvalue weighted by Gasteiger charge is -2.30. The SMILES string of the molecule is CCNc1nc(C)nc(N2CCCC2C(C)C)c1C. The Morgan fingerprint density at radius 1 is 1.32 bits per heavy atom. The van der Waals surface area contributed by atoms with Gasteiger partial charge in [0.1, 0.15) is 17.5 Å². The minimum absolute atomic E-state index is 0.613. The topological polar surface area (TPSA) is 41.1 Å². The van der Waals surface area contributed by atoms with Gasteiger partial charge in [-0.15, -0.1) is 0 Å². The maximum absolute atomic E-state index is 4.71. The van der Waals surface area contributed by atoms with Gasteiger partial charge in [0.25, 0.3) is 0 Å². The third kappa shape index (κ3) is 2.82. The molecule has 0 spiro atoms. The number of aromatic nitrogens is 2. The summed E-state index contributed by atoms with van der Waals surface area (Å²) in [7, 11) is 0. The third-order valence-electron chi connectivity index (χ3n) is 3.92. The molecule has 0 radical (unpaired) electrons. The van der Waals surface area contributed by atoms with Crippen LogP contribution in [-0.4, -0.2) is 29.1 Å². The van der Waals surface area contributed by atoms with E-state index in [4.69, 9.17) is 4.98 Å². The number of nitrogens with one attached hydrogen (secondary N) is 1. The van der Waals surface area contributed by atoms with Crippen LogP contribution in [-0.2, 0) is 0 Å². The first-order valence-corrected chi connectivity index (χ1v) is 7.40. The Hall–Kier alpha value is -1.32. The van der Waals surface area contributed by atoms with Gasteiger partial charge >= 0.3 is 0 Å². The fraction of sp³-hybridized carbons (Fsp3) is 0.733. The zero-order valence-corrected chi connectivity index (χ0v) is 12.8. The molecule has 1 unspecified atom stereocenters. The molecule has 0 bridgehead atoms. The number of aryl methyl sites for hydroxylation is 1. The van der Waals surface area contributed by atoms with Gasteiger partial charge in [0, 0.05) is 24.7 Å². The summed E-state index contributed by atoms with van der Waals surface area (Å²) in [6.45, 7) is 12.8. The zero-order chi connectivity index (χ0) is 14.0. The van der Waals surface area contributed by atoms with E-state index < -0.39 is 0 Å². The Labute approximate surface area is 116 Å². The molecule has 4 heteroatoms. The van der Waals surface area contributed by atoms with Crippen LogP contribution < -0.4 is 10.2 Å². The maximum Gasteiger partial charge on any atom is 0.137 e. The van der Waals surface area contributed by atoms with E-state index in [2.05, 4.69) is 42.9 Å². The van der Waals surface area contributed by atoms with Crippen LogP contribution in [0.5, 0.6) is 0 Å². The molecule has 1 aromatic heterocycles. The van der Waals surface area contributed by atoms with Crippen LogP contribution in [0.2, 0.25) is 0 Å². The maximum atomic E-state index is 4.71. The minimum atomic E-state index is 0.613. The minimum Gasteiger partial charge on any atom is -0.370 e. The summed E-state index contributed by atoms with van der Waals surface area (Å²) in [6.07, 6.45) is 2.54. The molecular formula is C15H26N4. The highest BCUT2D eigenvalue weighted by Crippen LogP contribution is 2.32. The molecule has 2 rings (SSSR count). The van der Waals surface area contributed by atoms with Crippen molar-refractivity contribution in [3.8, 4) is 0 Å². The molecule has 19 heavy (non-hydrogen) atoms. The van der Waals surface area contributed by atoms with Gasteiger partial charge in [0.15, 0.2) is 0 Å². The van der Waals surface area contributed by atoms with E-state index >= 15 is 0 Å². The summed E-state index contributed by atoms with van der Waals surface area (Å²) in [5.74, 6) is 3.63. The summed E-state index contributed by atoms with van der Waals surface area (Å²) in [5.41, 5.74) is 1.18. The molecule has 106 valence electrons. The number of hydrogen-bond acceptors (Lipinski definition) is 4. The van der Waals surface area contributed by atoms with E-state index in [1.165, 1.54) is 18.4 Å². The molecule has 1 fully saturated rings. The molecule has 1 aliphatic rings. The first kappa shape index (κ1) is 14.1. The average molecular weight is 262 g/mol. The average Bonchev–Trinajstić information content (AvgIpc) is 2.82. The lowest BCUT2D eigenvalue weighted by atomic mass is 10.0. The Balaban J connectivity index is 2.38. The highest BCUT2D eigenvalue weighted by Gasteiger charge is 2.29. The van der Waals surface area contributed by atoms with Gasteiger partial charge in [0.2, 0.25) is 0 Å². The molecule has 1 atom stereocenters. The van der Waals surface area contributed by atoms with E-state index in [1.807, 2.05) is 6.92 Å². The molecule has 0 saturated carbocycles. The van der Waals surface area contributed by atoms with Crippen molar-refractivity contribution < 1.29 is 0 Å². The van der Waals surface area contributed by atoms with Crippen LogP contribution in [0.3, 0.4) is 0 Å². The quantitative estimate of drug-likeness (QED) is 0.905. The Morgan fingerprint density at radius 3 is 2.68 bits per heavy atom. The normalized spacial score (nSPS) is 19.3. The smallest absolute Gasteiger partial charge is 0.137 e. The number of nitrogens with zero attached hydrogens (tertiary/aromatic N) is 3. The van der Waals surface area contributed by atoms with Gasteiger partial charge in [-0.1, -0.05) is 13.8 Å². The van der Waals surface area contributed by atoms with Gasteiger partial charge in [-0.2, -0.15) is 0 Å². The molecule has 2 heterocycles. The van der Waals surface area contributed by atoms with E-state index in [0.29, 0.717) is 12.0 Å². The zero-order valence-electron chi connectivity index (χ0n) is 12.8. The highest BCUT2D eigenvalue weighted by molar-refractivity contribution is 5.59. The lowest BCUT2D eigenvalue weighted by molar-refractivity contribution is 0.489. The van der Waals surface area contributed by atoms with Crippen LogP contribution in [0, 0.1) is 19.8 Å². The second-order valence-electron chi connectivity index (χ2n) is 5.75. The van der Waals surface area contributed by atoms with Crippen molar-refractivity contribution >= 4 is 11.6 Å². The number of hydrogen-bond donors (Lipinski definition) is 1. The molecule has 1 saturated heterocycles. The van der Waals surface area contributed by atoms with Crippen molar-refractivity contribution in [2.75, 3.05) is 23.3 Å². The monoisotopic (exact) mass is 262 g/mol. The Morgan fingerprint density at radius 2 is 2.05 bits per heavy atom. The van der Waals surface area contributed by atoms with Crippen LogP contribution in [0.4, 0.5) is 11.6 Å². The first-order valence-electron chi connectivity index (χ1n) is 7.40. The van der Waals surface area contributed by atoms with E-state index in [0.717, 1.165) is 30.5 Å². The fourth-order valence-corrected chi connectivity index (χ4v) is 2.98. The molecule has 1 N–H and O–H groups in total. The highest BCUT2D eigenvalue weighted by atomic mass is 15.2. The van der Waals surface area contributed by atoms with Gasteiger partial charge in [-0.05, 0) is 39.5 Å². The summed E-state index contributed by atoms with van der Waals surface area (Å²) >= 11 is 0.